The first kappa shape index (κ1) is 43.3. The molecule has 56 heavy (non-hydrogen) atoms. The molecule has 13 nitrogen and oxygen atoms in total. The highest BCUT2D eigenvalue weighted by Crippen LogP contribution is 2.29. The zero-order chi connectivity index (χ0) is 40.1. The third-order valence-corrected chi connectivity index (χ3v) is 13.1. The van der Waals surface area contributed by atoms with Gasteiger partial charge in [-0.1, -0.05) is 88.4 Å². The fourth-order valence-electron chi connectivity index (χ4n) is 8.24. The summed E-state index contributed by atoms with van der Waals surface area (Å²) in [6.07, 6.45) is 10.8. The molecule has 1 saturated carbocycles. The van der Waals surface area contributed by atoms with Gasteiger partial charge in [0.05, 0.1) is 35.8 Å². The number of rotatable bonds is 20. The Kier molecular flexibility index (Phi) is 16.3. The van der Waals surface area contributed by atoms with E-state index in [1.807, 2.05) is 56.3 Å². The number of hydrogen-bond donors (Lipinski definition) is 6. The molecule has 5 rings (SSSR count). The molecule has 1 aliphatic carbocycles. The highest BCUT2D eigenvalue weighted by Gasteiger charge is 2.34. The summed E-state index contributed by atoms with van der Waals surface area (Å²) >= 11 is 0. The summed E-state index contributed by atoms with van der Waals surface area (Å²) in [6.45, 7) is 4.96. The summed E-state index contributed by atoms with van der Waals surface area (Å²) in [5.41, 5.74) is 7.64. The van der Waals surface area contributed by atoms with E-state index < -0.39 is 45.9 Å². The molecule has 1 aliphatic heterocycles. The molecule has 1 aromatic heterocycles. The highest BCUT2D eigenvalue weighted by molar-refractivity contribution is 7.89. The van der Waals surface area contributed by atoms with Crippen molar-refractivity contribution in [2.45, 2.75) is 122 Å². The number of fused-ring (bicyclic) bond motifs is 1. The maximum Gasteiger partial charge on any atom is 0.243 e. The number of imidazole rings is 1. The zero-order valence-corrected chi connectivity index (χ0v) is 33.9. The second-order valence-electron chi connectivity index (χ2n) is 16.2. The number of benzene rings is 2. The Morgan fingerprint density at radius 3 is 2.43 bits per heavy atom. The van der Waals surface area contributed by atoms with Gasteiger partial charge in [-0.15, -0.1) is 0 Å². The van der Waals surface area contributed by atoms with Crippen LogP contribution < -0.4 is 21.1 Å². The molecule has 2 aromatic carbocycles. The van der Waals surface area contributed by atoms with Crippen molar-refractivity contribution in [3.63, 3.8) is 0 Å². The first-order valence-electron chi connectivity index (χ1n) is 20.6. The van der Waals surface area contributed by atoms with E-state index in [1.54, 1.807) is 11.1 Å². The molecule has 2 heterocycles. The maximum atomic E-state index is 14.5. The number of sulfonamides is 1. The average Bonchev–Trinajstić information content (AvgIpc) is 3.70. The van der Waals surface area contributed by atoms with Gasteiger partial charge in [0, 0.05) is 44.7 Å². The molecule has 1 unspecified atom stereocenters. The van der Waals surface area contributed by atoms with Crippen LogP contribution in [0.15, 0.2) is 55.0 Å². The highest BCUT2D eigenvalue weighted by atomic mass is 32.2. The summed E-state index contributed by atoms with van der Waals surface area (Å²) in [5.74, 6) is -1.57. The van der Waals surface area contributed by atoms with Gasteiger partial charge in [-0.05, 0) is 66.7 Å². The number of carbonyl (C=O) groups excluding carboxylic acids is 3. The number of hydrogen-bond acceptors (Lipinski definition) is 8. The fourth-order valence-corrected chi connectivity index (χ4v) is 9.46. The van der Waals surface area contributed by atoms with Crippen LogP contribution >= 0.6 is 0 Å². The number of aliphatic hydroxyl groups is 1. The van der Waals surface area contributed by atoms with Crippen LogP contribution in [0.5, 0.6) is 0 Å². The molecule has 14 heteroatoms. The van der Waals surface area contributed by atoms with Crippen molar-refractivity contribution >= 4 is 38.5 Å². The standard InChI is InChI=1S/C42H63N7O6S/c1-3-20-56(54,55)46-26-29(2)21-39(50)37(22-30-10-5-4-6-11-30)47-42(53)38(25-35-27-44-28-45-35)48-41(52)33(24-40(51)49-18-16-34(43)17-19-49)23-32-14-9-13-31-12-7-8-15-36(31)32/h7-9,12-15,27-30,33-34,37-39,46,50H,3-6,10-11,16-26,43H2,1-2H3,(H,44,45)(H,47,53)(H,48,52)/t29-,33?,37-,38-,39-/m0/s1. The van der Waals surface area contributed by atoms with E-state index in [2.05, 4.69) is 25.3 Å². The molecule has 308 valence electrons. The number of aliphatic hydroxyl groups excluding tert-OH is 1. The van der Waals surface area contributed by atoms with Crippen LogP contribution in [0.25, 0.3) is 10.8 Å². The molecular weight excluding hydrogens is 731 g/mol. The van der Waals surface area contributed by atoms with Gasteiger partial charge in [0.1, 0.15) is 6.04 Å². The SMILES string of the molecule is CCCS(=O)(=O)NC[C@@H](C)C[C@H](O)[C@H](CC1CCCCC1)NC(=O)[C@H](Cc1c[nH]cn1)NC(=O)C(CC(=O)N1CCC(N)CC1)Cc1cccc2ccccc12. The van der Waals surface area contributed by atoms with E-state index in [0.717, 1.165) is 48.4 Å². The van der Waals surface area contributed by atoms with Gasteiger partial charge in [0.25, 0.3) is 0 Å². The lowest BCUT2D eigenvalue weighted by Gasteiger charge is -2.33. The topological polar surface area (TPSA) is 200 Å². The zero-order valence-electron chi connectivity index (χ0n) is 33.1. The monoisotopic (exact) mass is 793 g/mol. The van der Waals surface area contributed by atoms with Crippen LogP contribution in [0.3, 0.4) is 0 Å². The quantitative estimate of drug-likeness (QED) is 0.0988. The minimum absolute atomic E-state index is 0.0239. The minimum Gasteiger partial charge on any atom is -0.391 e. The first-order chi connectivity index (χ1) is 26.9. The molecule has 0 bridgehead atoms. The number of aromatic nitrogens is 2. The second-order valence-corrected chi connectivity index (χ2v) is 18.1. The van der Waals surface area contributed by atoms with Crippen LogP contribution in [0.4, 0.5) is 0 Å². The first-order valence-corrected chi connectivity index (χ1v) is 22.3. The molecule has 2 fully saturated rings. The van der Waals surface area contributed by atoms with Crippen LogP contribution in [0.2, 0.25) is 0 Å². The molecule has 3 amide bonds. The number of nitrogens with two attached hydrogens (primary N) is 1. The van der Waals surface area contributed by atoms with Gasteiger partial charge in [0.15, 0.2) is 0 Å². The summed E-state index contributed by atoms with van der Waals surface area (Å²) in [4.78, 5) is 51.6. The van der Waals surface area contributed by atoms with E-state index in [9.17, 15) is 27.9 Å². The van der Waals surface area contributed by atoms with Crippen LogP contribution in [0.1, 0.15) is 95.7 Å². The number of amides is 3. The number of nitrogens with one attached hydrogen (secondary N) is 4. The number of carbonyl (C=O) groups is 3. The lowest BCUT2D eigenvalue weighted by atomic mass is 9.82. The van der Waals surface area contributed by atoms with E-state index in [-0.39, 0.29) is 49.4 Å². The van der Waals surface area contributed by atoms with Crippen molar-refractivity contribution in [2.75, 3.05) is 25.4 Å². The lowest BCUT2D eigenvalue weighted by Crippen LogP contribution is -2.55. The Labute approximate surface area is 332 Å². The predicted octanol–water partition coefficient (Wildman–Crippen LogP) is 3.96. The molecule has 3 aromatic rings. The maximum absolute atomic E-state index is 14.5. The van der Waals surface area contributed by atoms with Gasteiger partial charge in [-0.2, -0.15) is 0 Å². The largest absolute Gasteiger partial charge is 0.391 e. The smallest absolute Gasteiger partial charge is 0.243 e. The Morgan fingerprint density at radius 2 is 1.71 bits per heavy atom. The molecule has 5 atom stereocenters. The number of nitrogens with zero attached hydrogens (tertiary/aromatic N) is 2. The van der Waals surface area contributed by atoms with Crippen molar-refractivity contribution in [2.24, 2.45) is 23.5 Å². The van der Waals surface area contributed by atoms with Crippen molar-refractivity contribution in [3.8, 4) is 0 Å². The van der Waals surface area contributed by atoms with Crippen molar-refractivity contribution in [1.29, 1.82) is 0 Å². The summed E-state index contributed by atoms with van der Waals surface area (Å²) in [6, 6.07) is 12.3. The third kappa shape index (κ3) is 13.1. The van der Waals surface area contributed by atoms with E-state index in [1.165, 1.54) is 6.33 Å². The van der Waals surface area contributed by atoms with Gasteiger partial charge < -0.3 is 31.4 Å². The Hall–Kier alpha value is -3.85. The number of likely N-dealkylation sites (tertiary alicyclic amines) is 1. The van der Waals surface area contributed by atoms with Gasteiger partial charge in [0.2, 0.25) is 27.7 Å². The molecule has 0 radical (unpaired) electrons. The second kappa shape index (κ2) is 21.1. The van der Waals surface area contributed by atoms with E-state index >= 15 is 0 Å². The van der Waals surface area contributed by atoms with Gasteiger partial charge in [-0.25, -0.2) is 18.1 Å². The van der Waals surface area contributed by atoms with Crippen molar-refractivity contribution in [1.82, 2.24) is 30.2 Å². The molecule has 0 spiro atoms. The van der Waals surface area contributed by atoms with Gasteiger partial charge in [-0.3, -0.25) is 14.4 Å². The summed E-state index contributed by atoms with van der Waals surface area (Å²) in [7, 11) is -3.41. The number of aromatic amines is 1. The van der Waals surface area contributed by atoms with E-state index in [4.69, 9.17) is 5.73 Å². The normalized spacial score (nSPS) is 18.5. The fraction of sp³-hybridized carbons (Fsp3) is 0.619. The van der Waals surface area contributed by atoms with Crippen LogP contribution in [-0.4, -0.2) is 95.7 Å². The van der Waals surface area contributed by atoms with E-state index in [0.29, 0.717) is 56.8 Å². The summed E-state index contributed by atoms with van der Waals surface area (Å²) < 4.78 is 27.3. The number of H-pyrrole nitrogens is 1. The summed E-state index contributed by atoms with van der Waals surface area (Å²) in [5, 5.41) is 19.8. The molecule has 2 aliphatic rings. The minimum atomic E-state index is -3.41. The van der Waals surface area contributed by atoms with Crippen molar-refractivity contribution < 1.29 is 27.9 Å². The van der Waals surface area contributed by atoms with Crippen LogP contribution in [-0.2, 0) is 37.2 Å². The molecule has 7 N–H and O–H groups in total. The Balaban J connectivity index is 1.36. The Morgan fingerprint density at radius 1 is 0.982 bits per heavy atom. The van der Waals surface area contributed by atoms with Crippen molar-refractivity contribution in [3.05, 3.63) is 66.2 Å². The average molecular weight is 794 g/mol. The number of piperidine rings is 1. The predicted molar refractivity (Wildman–Crippen MR) is 219 cm³/mol. The van der Waals surface area contributed by atoms with Gasteiger partial charge >= 0.3 is 0 Å². The lowest BCUT2D eigenvalue weighted by molar-refractivity contribution is -0.138. The van der Waals surface area contributed by atoms with Crippen LogP contribution in [0, 0.1) is 17.8 Å². The Bertz CT molecular complexity index is 1800. The molecular formula is C42H63N7O6S. The third-order valence-electron chi connectivity index (χ3n) is 11.5. The molecule has 1 saturated heterocycles.